The fraction of sp³-hybridized carbons (Fsp3) is 0.462. The van der Waals surface area contributed by atoms with Crippen molar-refractivity contribution >= 4 is 17.3 Å². The fourth-order valence-electron chi connectivity index (χ4n) is 2.35. The Labute approximate surface area is 106 Å². The summed E-state index contributed by atoms with van der Waals surface area (Å²) in [5, 5.41) is 3.22. The molecular formula is C13H17N3O2. The zero-order chi connectivity index (χ0) is 12.7. The molecule has 0 aromatic heterocycles. The van der Waals surface area contributed by atoms with Gasteiger partial charge in [0.15, 0.2) is 6.10 Å². The number of nitrogen functional groups attached to an aromatic ring is 1. The lowest BCUT2D eigenvalue weighted by Crippen LogP contribution is -2.53. The molecule has 1 saturated heterocycles. The summed E-state index contributed by atoms with van der Waals surface area (Å²) in [6.45, 7) is 4.46. The second kappa shape index (κ2) is 4.17. The quantitative estimate of drug-likeness (QED) is 0.751. The van der Waals surface area contributed by atoms with E-state index >= 15 is 0 Å². The van der Waals surface area contributed by atoms with Gasteiger partial charge in [0, 0.05) is 31.2 Å². The first-order chi connectivity index (χ1) is 8.65. The van der Waals surface area contributed by atoms with Crippen LogP contribution >= 0.6 is 0 Å². The lowest BCUT2D eigenvalue weighted by molar-refractivity contribution is -0.125. The first-order valence-corrected chi connectivity index (χ1v) is 6.23. The summed E-state index contributed by atoms with van der Waals surface area (Å²) < 4.78 is 5.60. The van der Waals surface area contributed by atoms with Crippen molar-refractivity contribution in [3.05, 3.63) is 18.2 Å². The van der Waals surface area contributed by atoms with Crippen LogP contribution in [0.5, 0.6) is 5.75 Å². The molecule has 2 aliphatic rings. The summed E-state index contributed by atoms with van der Waals surface area (Å²) in [4.78, 5) is 14.0. The third kappa shape index (κ3) is 1.80. The average molecular weight is 247 g/mol. The molecule has 1 fully saturated rings. The predicted octanol–water partition coefficient (Wildman–Crippen LogP) is 0.602. The molecule has 3 rings (SSSR count). The molecule has 96 valence electrons. The Kier molecular flexibility index (Phi) is 2.63. The minimum Gasteiger partial charge on any atom is -0.479 e. The minimum atomic E-state index is -0.422. The smallest absolute Gasteiger partial charge is 0.267 e. The Morgan fingerprint density at radius 3 is 2.94 bits per heavy atom. The van der Waals surface area contributed by atoms with Gasteiger partial charge in [-0.05, 0) is 25.1 Å². The number of nitrogens with two attached hydrogens (primary N) is 1. The van der Waals surface area contributed by atoms with E-state index in [1.165, 1.54) is 0 Å². The van der Waals surface area contributed by atoms with Gasteiger partial charge < -0.3 is 20.7 Å². The summed E-state index contributed by atoms with van der Waals surface area (Å²) in [5.41, 5.74) is 7.24. The third-order valence-electron chi connectivity index (χ3n) is 3.50. The molecule has 0 bridgehead atoms. The number of nitrogens with one attached hydrogen (secondary N) is 1. The molecule has 2 aliphatic heterocycles. The summed E-state index contributed by atoms with van der Waals surface area (Å²) in [6.07, 6.45) is -0.422. The molecule has 1 aromatic rings. The number of rotatable bonds is 2. The number of ether oxygens (including phenoxy) is 1. The van der Waals surface area contributed by atoms with Gasteiger partial charge in [0.1, 0.15) is 5.75 Å². The zero-order valence-corrected chi connectivity index (χ0v) is 10.3. The molecule has 5 heteroatoms. The van der Waals surface area contributed by atoms with E-state index in [-0.39, 0.29) is 5.91 Å². The van der Waals surface area contributed by atoms with Gasteiger partial charge in [-0.1, -0.05) is 0 Å². The molecule has 5 nitrogen and oxygen atoms in total. The highest BCUT2D eigenvalue weighted by atomic mass is 16.5. The number of nitrogens with zero attached hydrogens (tertiary/aromatic N) is 1. The van der Waals surface area contributed by atoms with Crippen LogP contribution in [0.15, 0.2) is 18.2 Å². The van der Waals surface area contributed by atoms with Crippen LogP contribution < -0.4 is 20.7 Å². The Morgan fingerprint density at radius 1 is 1.50 bits per heavy atom. The molecule has 0 aliphatic carbocycles. The van der Waals surface area contributed by atoms with Crippen molar-refractivity contribution in [2.24, 2.45) is 5.92 Å². The van der Waals surface area contributed by atoms with E-state index in [0.717, 1.165) is 31.1 Å². The first-order valence-electron chi connectivity index (χ1n) is 6.23. The standard InChI is InChI=1S/C13H17N3O2/c1-8-13(17)16(7-9-5-15-6-9)11-4-10(14)2-3-12(11)18-8/h2-4,8-9,15H,5-7,14H2,1H3. The largest absolute Gasteiger partial charge is 0.479 e. The minimum absolute atomic E-state index is 0.0139. The van der Waals surface area contributed by atoms with Gasteiger partial charge >= 0.3 is 0 Å². The Balaban J connectivity index is 1.94. The van der Waals surface area contributed by atoms with Crippen LogP contribution in [0.2, 0.25) is 0 Å². The lowest BCUT2D eigenvalue weighted by Gasteiger charge is -2.38. The topological polar surface area (TPSA) is 67.6 Å². The van der Waals surface area contributed by atoms with Crippen molar-refractivity contribution in [1.29, 1.82) is 0 Å². The highest BCUT2D eigenvalue weighted by Gasteiger charge is 2.34. The van der Waals surface area contributed by atoms with Crippen molar-refractivity contribution < 1.29 is 9.53 Å². The molecule has 1 amide bonds. The van der Waals surface area contributed by atoms with Gasteiger partial charge in [0.25, 0.3) is 5.91 Å². The van der Waals surface area contributed by atoms with Crippen LogP contribution in [0.25, 0.3) is 0 Å². The van der Waals surface area contributed by atoms with Crippen molar-refractivity contribution in [3.63, 3.8) is 0 Å². The van der Waals surface area contributed by atoms with Gasteiger partial charge in [-0.25, -0.2) is 0 Å². The Bertz CT molecular complexity index is 485. The highest BCUT2D eigenvalue weighted by Crippen LogP contribution is 2.36. The summed E-state index contributed by atoms with van der Waals surface area (Å²) >= 11 is 0. The second-order valence-corrected chi connectivity index (χ2v) is 4.96. The Hall–Kier alpha value is -1.75. The van der Waals surface area contributed by atoms with Crippen molar-refractivity contribution in [2.75, 3.05) is 30.3 Å². The maximum absolute atomic E-state index is 12.2. The van der Waals surface area contributed by atoms with E-state index in [1.807, 2.05) is 17.0 Å². The number of carbonyl (C=O) groups is 1. The van der Waals surface area contributed by atoms with Crippen LogP contribution in [0.1, 0.15) is 6.92 Å². The van der Waals surface area contributed by atoms with E-state index in [1.54, 1.807) is 13.0 Å². The van der Waals surface area contributed by atoms with Gasteiger partial charge in [-0.2, -0.15) is 0 Å². The van der Waals surface area contributed by atoms with Gasteiger partial charge in [0.05, 0.1) is 5.69 Å². The molecule has 2 heterocycles. The third-order valence-corrected chi connectivity index (χ3v) is 3.50. The number of hydrogen-bond donors (Lipinski definition) is 2. The number of hydrogen-bond acceptors (Lipinski definition) is 4. The molecule has 0 saturated carbocycles. The number of fused-ring (bicyclic) bond motifs is 1. The number of anilines is 2. The van der Waals surface area contributed by atoms with E-state index in [9.17, 15) is 4.79 Å². The van der Waals surface area contributed by atoms with E-state index in [2.05, 4.69) is 5.32 Å². The molecule has 18 heavy (non-hydrogen) atoms. The summed E-state index contributed by atoms with van der Waals surface area (Å²) in [5.74, 6) is 1.28. The van der Waals surface area contributed by atoms with E-state index in [0.29, 0.717) is 11.6 Å². The van der Waals surface area contributed by atoms with E-state index < -0.39 is 6.10 Å². The first kappa shape index (κ1) is 11.3. The van der Waals surface area contributed by atoms with E-state index in [4.69, 9.17) is 10.5 Å². The monoisotopic (exact) mass is 247 g/mol. The molecule has 1 aromatic carbocycles. The normalized spacial score (nSPS) is 23.3. The van der Waals surface area contributed by atoms with Crippen LogP contribution in [0, 0.1) is 5.92 Å². The fourth-order valence-corrected chi connectivity index (χ4v) is 2.35. The summed E-state index contributed by atoms with van der Waals surface area (Å²) in [6, 6.07) is 5.44. The SMILES string of the molecule is CC1Oc2ccc(N)cc2N(CC2CNC2)C1=O. The van der Waals surface area contributed by atoms with Gasteiger partial charge in [-0.3, -0.25) is 4.79 Å². The highest BCUT2D eigenvalue weighted by molar-refractivity contribution is 6.00. The van der Waals surface area contributed by atoms with Crippen molar-refractivity contribution in [1.82, 2.24) is 5.32 Å². The molecule has 1 atom stereocenters. The number of carbonyl (C=O) groups excluding carboxylic acids is 1. The second-order valence-electron chi connectivity index (χ2n) is 4.96. The van der Waals surface area contributed by atoms with Gasteiger partial charge in [-0.15, -0.1) is 0 Å². The summed E-state index contributed by atoms with van der Waals surface area (Å²) in [7, 11) is 0. The Morgan fingerprint density at radius 2 is 2.28 bits per heavy atom. The molecule has 0 radical (unpaired) electrons. The van der Waals surface area contributed by atoms with Crippen molar-refractivity contribution in [2.45, 2.75) is 13.0 Å². The molecule has 0 spiro atoms. The van der Waals surface area contributed by atoms with Crippen LogP contribution in [-0.4, -0.2) is 31.6 Å². The van der Waals surface area contributed by atoms with Crippen LogP contribution in [0.3, 0.4) is 0 Å². The van der Waals surface area contributed by atoms with Crippen molar-refractivity contribution in [3.8, 4) is 5.75 Å². The maximum Gasteiger partial charge on any atom is 0.267 e. The average Bonchev–Trinajstić information content (AvgIpc) is 2.28. The lowest BCUT2D eigenvalue weighted by atomic mass is 10.0. The van der Waals surface area contributed by atoms with Gasteiger partial charge in [0.2, 0.25) is 0 Å². The zero-order valence-electron chi connectivity index (χ0n) is 10.3. The molecular weight excluding hydrogens is 230 g/mol. The maximum atomic E-state index is 12.2. The molecule has 1 unspecified atom stereocenters. The number of amides is 1. The van der Waals surface area contributed by atoms with Crippen LogP contribution in [-0.2, 0) is 4.79 Å². The predicted molar refractivity (Wildman–Crippen MR) is 69.7 cm³/mol. The number of benzene rings is 1. The molecule has 3 N–H and O–H groups in total. The van der Waals surface area contributed by atoms with Crippen LogP contribution in [0.4, 0.5) is 11.4 Å².